The molecule has 2 heteroatoms. The van der Waals surface area contributed by atoms with Gasteiger partial charge in [-0.05, 0) is 75.4 Å². The first-order chi connectivity index (χ1) is 9.71. The second-order valence-electron chi connectivity index (χ2n) is 9.34. The maximum Gasteiger partial charge on any atom is 0.00798 e. The molecule has 1 unspecified atom stereocenters. The minimum Gasteiger partial charge on any atom is -0.311 e. The Morgan fingerprint density at radius 1 is 1.05 bits per heavy atom. The van der Waals surface area contributed by atoms with Gasteiger partial charge in [-0.3, -0.25) is 0 Å². The van der Waals surface area contributed by atoms with Gasteiger partial charge in [-0.2, -0.15) is 0 Å². The monoisotopic (exact) mass is 294 g/mol. The van der Waals surface area contributed by atoms with Crippen LogP contribution in [0.4, 0.5) is 0 Å². The highest BCUT2D eigenvalue weighted by Crippen LogP contribution is 2.45. The molecule has 0 aromatic carbocycles. The Hall–Kier alpha value is -0.0800. The van der Waals surface area contributed by atoms with E-state index in [1.54, 1.807) is 0 Å². The fourth-order valence-electron chi connectivity index (χ4n) is 5.24. The van der Waals surface area contributed by atoms with Gasteiger partial charge in [0.25, 0.3) is 0 Å². The first-order valence-corrected chi connectivity index (χ1v) is 9.19. The first kappa shape index (κ1) is 17.3. The van der Waals surface area contributed by atoms with Crippen LogP contribution in [0.1, 0.15) is 73.6 Å². The zero-order chi connectivity index (χ0) is 15.7. The van der Waals surface area contributed by atoms with E-state index in [1.807, 2.05) is 0 Å². The summed E-state index contributed by atoms with van der Waals surface area (Å²) in [6, 6.07) is 1.39. The van der Waals surface area contributed by atoms with Crippen LogP contribution in [0.2, 0.25) is 0 Å². The van der Waals surface area contributed by atoms with Crippen molar-refractivity contribution in [2.24, 2.45) is 16.7 Å². The van der Waals surface area contributed by atoms with Gasteiger partial charge in [0.1, 0.15) is 0 Å². The van der Waals surface area contributed by atoms with E-state index < -0.39 is 0 Å². The third-order valence-electron chi connectivity index (χ3n) is 5.84. The topological polar surface area (TPSA) is 15.3 Å². The molecule has 1 heterocycles. The lowest BCUT2D eigenvalue weighted by Gasteiger charge is -2.47. The molecule has 0 aromatic heterocycles. The third kappa shape index (κ3) is 4.96. The molecule has 2 aliphatic rings. The van der Waals surface area contributed by atoms with Crippen LogP contribution in [0, 0.1) is 16.7 Å². The molecule has 2 nitrogen and oxygen atoms in total. The molecule has 0 radical (unpaired) electrons. The number of likely N-dealkylation sites (tertiary alicyclic amines) is 1. The summed E-state index contributed by atoms with van der Waals surface area (Å²) in [6.45, 7) is 18.3. The number of hydrogen-bond donors (Lipinski definition) is 1. The molecule has 1 N–H and O–H groups in total. The van der Waals surface area contributed by atoms with Crippen LogP contribution >= 0.6 is 0 Å². The van der Waals surface area contributed by atoms with Gasteiger partial charge in [0.2, 0.25) is 0 Å². The number of hydrogen-bond acceptors (Lipinski definition) is 2. The molecule has 21 heavy (non-hydrogen) atoms. The van der Waals surface area contributed by atoms with E-state index >= 15 is 0 Å². The molecular weight excluding hydrogens is 256 g/mol. The van der Waals surface area contributed by atoms with Crippen LogP contribution < -0.4 is 5.32 Å². The molecule has 0 bridgehead atoms. The highest BCUT2D eigenvalue weighted by Gasteiger charge is 2.39. The fraction of sp³-hybridized carbons (Fsp3) is 1.00. The van der Waals surface area contributed by atoms with Gasteiger partial charge in [0, 0.05) is 12.1 Å². The predicted molar refractivity (Wildman–Crippen MR) is 92.6 cm³/mol. The van der Waals surface area contributed by atoms with Crippen LogP contribution in [0.3, 0.4) is 0 Å². The molecule has 1 aliphatic heterocycles. The van der Waals surface area contributed by atoms with Crippen LogP contribution in [0.25, 0.3) is 0 Å². The van der Waals surface area contributed by atoms with Gasteiger partial charge >= 0.3 is 0 Å². The quantitative estimate of drug-likeness (QED) is 0.831. The number of nitrogens with one attached hydrogen (secondary N) is 1. The van der Waals surface area contributed by atoms with Gasteiger partial charge in [-0.1, -0.05) is 34.6 Å². The molecule has 0 aromatic rings. The molecule has 1 aliphatic carbocycles. The smallest absolute Gasteiger partial charge is 0.00798 e. The van der Waals surface area contributed by atoms with Crippen LogP contribution in [0.5, 0.6) is 0 Å². The summed E-state index contributed by atoms with van der Waals surface area (Å²) in [5.74, 6) is 0.876. The minimum absolute atomic E-state index is 0.491. The van der Waals surface area contributed by atoms with E-state index in [0.717, 1.165) is 5.92 Å². The van der Waals surface area contributed by atoms with Crippen molar-refractivity contribution in [3.8, 4) is 0 Å². The predicted octanol–water partition coefficient (Wildman–Crippen LogP) is 4.30. The van der Waals surface area contributed by atoms with E-state index in [2.05, 4.69) is 51.8 Å². The maximum atomic E-state index is 4.01. The number of piperidine rings is 1. The maximum absolute atomic E-state index is 4.01. The zero-order valence-electron chi connectivity index (χ0n) is 15.3. The molecule has 1 saturated carbocycles. The van der Waals surface area contributed by atoms with Crippen molar-refractivity contribution in [1.82, 2.24) is 10.2 Å². The summed E-state index contributed by atoms with van der Waals surface area (Å²) in [6.07, 6.45) is 6.80. The van der Waals surface area contributed by atoms with Crippen molar-refractivity contribution in [2.45, 2.75) is 85.7 Å². The Labute approximate surface area is 133 Å². The van der Waals surface area contributed by atoms with Gasteiger partial charge in [-0.15, -0.1) is 0 Å². The zero-order valence-corrected chi connectivity index (χ0v) is 15.3. The Morgan fingerprint density at radius 2 is 1.57 bits per heavy atom. The van der Waals surface area contributed by atoms with Crippen molar-refractivity contribution in [1.29, 1.82) is 0 Å². The number of nitrogens with zero attached hydrogens (tertiary/aromatic N) is 1. The standard InChI is InChI=1S/C19H38N2/c1-7-21-10-8-16(9-11-21)15(2)20-17-12-18(3,4)14-19(5,6)13-17/h15-17,20H,7-14H2,1-6H3. The summed E-state index contributed by atoms with van der Waals surface area (Å²) in [4.78, 5) is 2.59. The molecular formula is C19H38N2. The van der Waals surface area contributed by atoms with E-state index in [1.165, 1.54) is 51.7 Å². The summed E-state index contributed by atoms with van der Waals surface area (Å²) < 4.78 is 0. The normalized spacial score (nSPS) is 29.4. The van der Waals surface area contributed by atoms with Gasteiger partial charge in [0.15, 0.2) is 0 Å². The van der Waals surface area contributed by atoms with E-state index in [9.17, 15) is 0 Å². The average Bonchev–Trinajstić information content (AvgIpc) is 2.35. The molecule has 124 valence electrons. The summed E-state index contributed by atoms with van der Waals surface area (Å²) >= 11 is 0. The fourth-order valence-corrected chi connectivity index (χ4v) is 5.24. The number of rotatable bonds is 4. The minimum atomic E-state index is 0.491. The lowest BCUT2D eigenvalue weighted by atomic mass is 9.63. The molecule has 0 spiro atoms. The van der Waals surface area contributed by atoms with Crippen LogP contribution in [0.15, 0.2) is 0 Å². The van der Waals surface area contributed by atoms with Crippen molar-refractivity contribution in [3.63, 3.8) is 0 Å². The van der Waals surface area contributed by atoms with Crippen LogP contribution in [-0.2, 0) is 0 Å². The molecule has 2 fully saturated rings. The average molecular weight is 295 g/mol. The molecule has 2 rings (SSSR count). The Kier molecular flexibility index (Phi) is 5.41. The van der Waals surface area contributed by atoms with Crippen molar-refractivity contribution in [2.75, 3.05) is 19.6 Å². The molecule has 1 saturated heterocycles. The first-order valence-electron chi connectivity index (χ1n) is 9.19. The molecule has 0 amide bonds. The second-order valence-corrected chi connectivity index (χ2v) is 9.34. The van der Waals surface area contributed by atoms with E-state index in [4.69, 9.17) is 0 Å². The van der Waals surface area contributed by atoms with Gasteiger partial charge in [0.05, 0.1) is 0 Å². The highest BCUT2D eigenvalue weighted by atomic mass is 15.1. The largest absolute Gasteiger partial charge is 0.311 e. The third-order valence-corrected chi connectivity index (χ3v) is 5.84. The van der Waals surface area contributed by atoms with Crippen molar-refractivity contribution >= 4 is 0 Å². The van der Waals surface area contributed by atoms with E-state index in [0.29, 0.717) is 22.9 Å². The van der Waals surface area contributed by atoms with Gasteiger partial charge in [-0.25, -0.2) is 0 Å². The lowest BCUT2D eigenvalue weighted by molar-refractivity contribution is 0.0723. The highest BCUT2D eigenvalue weighted by molar-refractivity contribution is 4.94. The Balaban J connectivity index is 1.86. The van der Waals surface area contributed by atoms with Crippen molar-refractivity contribution < 1.29 is 0 Å². The summed E-state index contributed by atoms with van der Waals surface area (Å²) in [5.41, 5.74) is 0.982. The lowest BCUT2D eigenvalue weighted by Crippen LogP contribution is -2.50. The Bertz CT molecular complexity index is 310. The SMILES string of the molecule is CCN1CCC(C(C)NC2CC(C)(C)CC(C)(C)C2)CC1. The van der Waals surface area contributed by atoms with Crippen LogP contribution in [-0.4, -0.2) is 36.6 Å². The summed E-state index contributed by atoms with van der Waals surface area (Å²) in [5, 5.41) is 4.01. The summed E-state index contributed by atoms with van der Waals surface area (Å²) in [7, 11) is 0. The van der Waals surface area contributed by atoms with E-state index in [-0.39, 0.29) is 0 Å². The van der Waals surface area contributed by atoms with Gasteiger partial charge < -0.3 is 10.2 Å². The van der Waals surface area contributed by atoms with Crippen molar-refractivity contribution in [3.05, 3.63) is 0 Å². The second kappa shape index (κ2) is 6.58. The Morgan fingerprint density at radius 3 is 2.05 bits per heavy atom. The molecule has 1 atom stereocenters.